The predicted molar refractivity (Wildman–Crippen MR) is 131 cm³/mol. The Morgan fingerprint density at radius 2 is 1.84 bits per heavy atom. The summed E-state index contributed by atoms with van der Waals surface area (Å²) in [5.41, 5.74) is 0.997. The molecule has 1 fully saturated rings. The van der Waals surface area contributed by atoms with E-state index in [1.165, 1.54) is 32.1 Å². The van der Waals surface area contributed by atoms with Gasteiger partial charge in [0.2, 0.25) is 12.4 Å². The Labute approximate surface area is 213 Å². The summed E-state index contributed by atoms with van der Waals surface area (Å²) in [5.74, 6) is -2.09. The summed E-state index contributed by atoms with van der Waals surface area (Å²) >= 11 is 0. The lowest BCUT2D eigenvalue weighted by atomic mass is 9.94. The Kier molecular flexibility index (Phi) is 9.92. The first-order chi connectivity index (χ1) is 17.6. The summed E-state index contributed by atoms with van der Waals surface area (Å²) in [6, 6.07) is 9.12. The van der Waals surface area contributed by atoms with Crippen LogP contribution in [0.25, 0.3) is 6.08 Å². The van der Waals surface area contributed by atoms with E-state index in [0.29, 0.717) is 23.3 Å². The maximum absolute atomic E-state index is 12.4. The molecule has 1 heterocycles. The van der Waals surface area contributed by atoms with Crippen molar-refractivity contribution in [3.63, 3.8) is 0 Å². The van der Waals surface area contributed by atoms with Crippen molar-refractivity contribution >= 4 is 25.9 Å². The van der Waals surface area contributed by atoms with Crippen LogP contribution in [0.4, 0.5) is 0 Å². The van der Waals surface area contributed by atoms with Gasteiger partial charge in [-0.1, -0.05) is 18.2 Å². The summed E-state index contributed by atoms with van der Waals surface area (Å²) in [4.78, 5) is 24.6. The van der Waals surface area contributed by atoms with Crippen LogP contribution in [0.3, 0.4) is 0 Å². The van der Waals surface area contributed by atoms with Crippen LogP contribution in [0.2, 0.25) is 0 Å². The molecule has 1 aliphatic heterocycles. The molecule has 3 rings (SSSR count). The summed E-state index contributed by atoms with van der Waals surface area (Å²) < 4.78 is 21.5. The number of esters is 2. The van der Waals surface area contributed by atoms with Crippen molar-refractivity contribution in [3.05, 3.63) is 59.7 Å². The van der Waals surface area contributed by atoms with Crippen molar-refractivity contribution in [3.8, 4) is 17.2 Å². The first-order valence-corrected chi connectivity index (χ1v) is 11.6. The summed E-state index contributed by atoms with van der Waals surface area (Å²) in [5, 5.41) is 47.9. The van der Waals surface area contributed by atoms with Crippen molar-refractivity contribution in [2.45, 2.75) is 50.1 Å². The smallest absolute Gasteiger partial charge is 0.349 e. The number of benzene rings is 2. The van der Waals surface area contributed by atoms with Crippen LogP contribution in [-0.4, -0.2) is 82.5 Å². The minimum absolute atomic E-state index is 0.159. The van der Waals surface area contributed by atoms with Crippen molar-refractivity contribution < 1.29 is 54.1 Å². The maximum Gasteiger partial charge on any atom is 0.349 e. The number of phenolic OH excluding ortho intramolecular Hbond substituents is 2. The van der Waals surface area contributed by atoms with E-state index in [1.807, 2.05) is 0 Å². The van der Waals surface area contributed by atoms with E-state index in [0.717, 1.165) is 6.08 Å². The fourth-order valence-corrected chi connectivity index (χ4v) is 3.51. The Hall–Kier alpha value is -3.58. The van der Waals surface area contributed by atoms with Crippen LogP contribution in [0.5, 0.6) is 17.2 Å². The fraction of sp³-hybridized carbons (Fsp3) is 0.360. The number of rotatable bonds is 10. The lowest BCUT2D eigenvalue weighted by Gasteiger charge is -2.32. The highest BCUT2D eigenvalue weighted by Gasteiger charge is 2.30. The van der Waals surface area contributed by atoms with Gasteiger partial charge in [-0.2, -0.15) is 0 Å². The minimum Gasteiger partial charge on any atom is -0.504 e. The van der Waals surface area contributed by atoms with Crippen LogP contribution in [0.1, 0.15) is 24.0 Å². The van der Waals surface area contributed by atoms with Gasteiger partial charge in [0.15, 0.2) is 11.5 Å². The average Bonchev–Trinajstić information content (AvgIpc) is 2.86. The van der Waals surface area contributed by atoms with Gasteiger partial charge in [-0.25, -0.2) is 9.59 Å². The first kappa shape index (κ1) is 28.0. The van der Waals surface area contributed by atoms with Gasteiger partial charge in [0.25, 0.3) is 0 Å². The second-order valence-electron chi connectivity index (χ2n) is 8.54. The number of aromatic hydroxyl groups is 2. The van der Waals surface area contributed by atoms with E-state index < -0.39 is 42.5 Å². The van der Waals surface area contributed by atoms with Gasteiger partial charge < -0.3 is 44.5 Å². The predicted octanol–water partition coefficient (Wildman–Crippen LogP) is -0.0452. The largest absolute Gasteiger partial charge is 0.504 e. The Morgan fingerprint density at radius 1 is 1.11 bits per heavy atom. The number of ether oxygens (including phenoxy) is 4. The number of hydrogen-bond donors (Lipinski definition) is 5. The van der Waals surface area contributed by atoms with Gasteiger partial charge in [-0.3, -0.25) is 0 Å². The van der Waals surface area contributed by atoms with Gasteiger partial charge in [-0.15, -0.1) is 0 Å². The standard InChI is InChI=1S/C25H29BO11/c26-24(32)23(37-21(31)8-4-14-3-7-19(29)20(30)9-14)25(33)34-13-15-1-5-17(6-2-15)35-22-11-16(28)10-18(12-27)36-22/h1-9,16,18,22-24,27-30,32H,10-13,26H2/b8-4+. The zero-order chi connectivity index (χ0) is 26.9. The quantitative estimate of drug-likeness (QED) is 0.124. The number of carbonyl (C=O) groups is 2. The summed E-state index contributed by atoms with van der Waals surface area (Å²) in [6.45, 7) is -0.378. The molecule has 37 heavy (non-hydrogen) atoms. The molecule has 0 bridgehead atoms. The molecular weight excluding hydrogens is 487 g/mol. The molecular formula is C25H29BO11. The highest BCUT2D eigenvalue weighted by atomic mass is 16.7. The molecule has 0 aromatic heterocycles. The number of aliphatic hydroxyl groups is 3. The third kappa shape index (κ3) is 8.50. The molecule has 5 N–H and O–H groups in total. The lowest BCUT2D eigenvalue weighted by Crippen LogP contribution is -2.40. The van der Waals surface area contributed by atoms with Crippen LogP contribution in [0.15, 0.2) is 48.5 Å². The number of aliphatic hydroxyl groups excluding tert-OH is 3. The molecule has 12 heteroatoms. The van der Waals surface area contributed by atoms with Gasteiger partial charge in [0.05, 0.1) is 24.8 Å². The molecule has 11 nitrogen and oxygen atoms in total. The van der Waals surface area contributed by atoms with Crippen molar-refractivity contribution in [2.24, 2.45) is 0 Å². The van der Waals surface area contributed by atoms with E-state index >= 15 is 0 Å². The van der Waals surface area contributed by atoms with E-state index in [4.69, 9.17) is 18.9 Å². The molecule has 0 spiro atoms. The van der Waals surface area contributed by atoms with Gasteiger partial charge in [-0.05, 0) is 41.5 Å². The Bertz CT molecular complexity index is 1090. The monoisotopic (exact) mass is 516 g/mol. The molecule has 198 valence electrons. The normalized spacial score (nSPS) is 21.2. The van der Waals surface area contributed by atoms with Gasteiger partial charge in [0, 0.05) is 18.9 Å². The summed E-state index contributed by atoms with van der Waals surface area (Å²) in [7, 11) is 1.28. The van der Waals surface area contributed by atoms with Crippen molar-refractivity contribution in [1.29, 1.82) is 0 Å². The number of phenols is 2. The third-order valence-corrected chi connectivity index (χ3v) is 5.44. The van der Waals surface area contributed by atoms with Crippen LogP contribution >= 0.6 is 0 Å². The molecule has 5 atom stereocenters. The van der Waals surface area contributed by atoms with Crippen LogP contribution < -0.4 is 4.74 Å². The second-order valence-corrected chi connectivity index (χ2v) is 8.54. The molecule has 5 unspecified atom stereocenters. The Morgan fingerprint density at radius 3 is 2.49 bits per heavy atom. The van der Waals surface area contributed by atoms with E-state index in [9.17, 15) is 35.1 Å². The van der Waals surface area contributed by atoms with Crippen LogP contribution in [-0.2, 0) is 30.4 Å². The maximum atomic E-state index is 12.4. The molecule has 0 aliphatic carbocycles. The van der Waals surface area contributed by atoms with Crippen molar-refractivity contribution in [1.82, 2.24) is 0 Å². The molecule has 0 amide bonds. The number of hydrogen-bond acceptors (Lipinski definition) is 11. The Balaban J connectivity index is 1.50. The van der Waals surface area contributed by atoms with E-state index in [-0.39, 0.29) is 31.1 Å². The summed E-state index contributed by atoms with van der Waals surface area (Å²) in [6.07, 6.45) is -0.502. The molecule has 2 aromatic carbocycles. The van der Waals surface area contributed by atoms with Crippen molar-refractivity contribution in [2.75, 3.05) is 6.61 Å². The highest BCUT2D eigenvalue weighted by Crippen LogP contribution is 2.26. The molecule has 2 aromatic rings. The molecule has 1 saturated heterocycles. The molecule has 0 radical (unpaired) electrons. The second kappa shape index (κ2) is 13.1. The fourth-order valence-electron chi connectivity index (χ4n) is 3.51. The average molecular weight is 516 g/mol. The molecule has 1 aliphatic rings. The molecule has 0 saturated carbocycles. The van der Waals surface area contributed by atoms with Gasteiger partial charge in [0.1, 0.15) is 20.2 Å². The zero-order valence-corrected chi connectivity index (χ0v) is 20.1. The topological polar surface area (TPSA) is 172 Å². The lowest BCUT2D eigenvalue weighted by molar-refractivity contribution is -0.184. The van der Waals surface area contributed by atoms with E-state index in [1.54, 1.807) is 24.3 Å². The first-order valence-electron chi connectivity index (χ1n) is 11.6. The number of carbonyl (C=O) groups excluding carboxylic acids is 2. The zero-order valence-electron chi connectivity index (χ0n) is 20.1. The third-order valence-electron chi connectivity index (χ3n) is 5.44. The van der Waals surface area contributed by atoms with Gasteiger partial charge >= 0.3 is 11.9 Å². The van der Waals surface area contributed by atoms with E-state index in [2.05, 4.69) is 0 Å². The highest BCUT2D eigenvalue weighted by molar-refractivity contribution is 6.13. The van der Waals surface area contributed by atoms with Crippen LogP contribution in [0, 0.1) is 0 Å². The minimum atomic E-state index is -1.57. The SMILES string of the molecule is BC(O)C(OC(=O)/C=C/c1ccc(O)c(O)c1)C(=O)OCc1ccc(OC2CC(O)CC(CO)O2)cc1.